The third kappa shape index (κ3) is 1.48. The Bertz CT molecular complexity index is 70.8. The largest absolute Gasteiger partial charge is 0.385 e. The van der Waals surface area contributed by atoms with Crippen LogP contribution in [0.25, 0.3) is 0 Å². The minimum Gasteiger partial charge on any atom is -0.385 e. The predicted molar refractivity (Wildman–Crippen MR) is 33.8 cm³/mol. The Labute approximate surface area is 51.0 Å². The van der Waals surface area contributed by atoms with E-state index in [-0.39, 0.29) is 0 Å². The smallest absolute Gasteiger partial charge is 0.0465 e. The van der Waals surface area contributed by atoms with Crippen molar-refractivity contribution in [1.82, 2.24) is 0 Å². The maximum atomic E-state index is 4.94. The van der Waals surface area contributed by atoms with E-state index < -0.39 is 0 Å². The lowest BCUT2D eigenvalue weighted by atomic mass is 10.3. The van der Waals surface area contributed by atoms with Crippen LogP contribution in [-0.4, -0.2) is 13.7 Å². The van der Waals surface area contributed by atoms with Gasteiger partial charge < -0.3 is 4.74 Å². The molecular formula is C7H14O. The zero-order chi connectivity index (χ0) is 5.98. The average Bonchev–Trinajstić information content (AvgIpc) is 2.42. The van der Waals surface area contributed by atoms with Crippen LogP contribution in [-0.2, 0) is 4.74 Å². The average molecular weight is 114 g/mol. The van der Waals surface area contributed by atoms with Crippen LogP contribution in [0.3, 0.4) is 0 Å². The topological polar surface area (TPSA) is 9.23 Å². The maximum Gasteiger partial charge on any atom is 0.0465 e. The van der Waals surface area contributed by atoms with Gasteiger partial charge in [-0.05, 0) is 24.7 Å². The van der Waals surface area contributed by atoms with Crippen molar-refractivity contribution >= 4 is 0 Å². The highest BCUT2D eigenvalue weighted by atomic mass is 16.5. The zero-order valence-electron chi connectivity index (χ0n) is 5.68. The zero-order valence-corrected chi connectivity index (χ0v) is 5.68. The van der Waals surface area contributed by atoms with Crippen LogP contribution >= 0.6 is 0 Å². The van der Waals surface area contributed by atoms with Gasteiger partial charge >= 0.3 is 0 Å². The number of ether oxygens (including phenoxy) is 1. The van der Waals surface area contributed by atoms with E-state index in [0.29, 0.717) is 0 Å². The van der Waals surface area contributed by atoms with E-state index in [4.69, 9.17) is 4.74 Å². The van der Waals surface area contributed by atoms with E-state index in [9.17, 15) is 0 Å². The monoisotopic (exact) mass is 114 g/mol. The van der Waals surface area contributed by atoms with E-state index in [1.54, 1.807) is 7.11 Å². The maximum absolute atomic E-state index is 4.94. The van der Waals surface area contributed by atoms with Crippen molar-refractivity contribution in [3.8, 4) is 0 Å². The number of rotatable bonds is 3. The van der Waals surface area contributed by atoms with Gasteiger partial charge in [-0.1, -0.05) is 6.92 Å². The molecule has 1 fully saturated rings. The molecule has 0 saturated heterocycles. The number of hydrogen-bond donors (Lipinski definition) is 0. The van der Waals surface area contributed by atoms with Gasteiger partial charge in [0, 0.05) is 13.7 Å². The molecule has 1 aliphatic carbocycles. The van der Waals surface area contributed by atoms with E-state index in [2.05, 4.69) is 6.92 Å². The van der Waals surface area contributed by atoms with Crippen LogP contribution in [0.4, 0.5) is 0 Å². The van der Waals surface area contributed by atoms with Gasteiger partial charge in [0.15, 0.2) is 0 Å². The Morgan fingerprint density at radius 3 is 2.62 bits per heavy atom. The molecule has 0 aromatic carbocycles. The minimum atomic E-state index is 0.953. The Hall–Kier alpha value is -0.0400. The van der Waals surface area contributed by atoms with Crippen LogP contribution in [0.2, 0.25) is 0 Å². The predicted octanol–water partition coefficient (Wildman–Crippen LogP) is 1.68. The summed E-state index contributed by atoms with van der Waals surface area (Å²) in [6.45, 7) is 3.26. The van der Waals surface area contributed by atoms with E-state index >= 15 is 0 Å². The van der Waals surface area contributed by atoms with Crippen molar-refractivity contribution in [2.45, 2.75) is 19.8 Å². The van der Waals surface area contributed by atoms with Crippen molar-refractivity contribution in [2.24, 2.45) is 11.8 Å². The fourth-order valence-corrected chi connectivity index (χ4v) is 1.07. The first-order valence-corrected chi connectivity index (χ1v) is 3.33. The van der Waals surface area contributed by atoms with Gasteiger partial charge in [0.05, 0.1) is 0 Å². The van der Waals surface area contributed by atoms with E-state index in [0.717, 1.165) is 18.4 Å². The first-order chi connectivity index (χ1) is 3.84. The molecule has 0 spiro atoms. The first-order valence-electron chi connectivity index (χ1n) is 3.33. The van der Waals surface area contributed by atoms with Crippen LogP contribution in [0.1, 0.15) is 19.8 Å². The van der Waals surface area contributed by atoms with Crippen molar-refractivity contribution in [3.63, 3.8) is 0 Å². The Kier molecular flexibility index (Phi) is 1.90. The molecule has 8 heavy (non-hydrogen) atoms. The van der Waals surface area contributed by atoms with Crippen molar-refractivity contribution in [3.05, 3.63) is 0 Å². The summed E-state index contributed by atoms with van der Waals surface area (Å²) in [6.07, 6.45) is 2.71. The molecule has 48 valence electrons. The van der Waals surface area contributed by atoms with Gasteiger partial charge in [-0.15, -0.1) is 0 Å². The molecule has 1 nitrogen and oxygen atoms in total. The summed E-state index contributed by atoms with van der Waals surface area (Å²) < 4.78 is 4.94. The molecule has 0 aromatic rings. The van der Waals surface area contributed by atoms with Gasteiger partial charge in [-0.3, -0.25) is 0 Å². The molecular weight excluding hydrogens is 100 g/mol. The Morgan fingerprint density at radius 1 is 1.62 bits per heavy atom. The van der Waals surface area contributed by atoms with Gasteiger partial charge in [-0.25, -0.2) is 0 Å². The fourth-order valence-electron chi connectivity index (χ4n) is 1.07. The minimum absolute atomic E-state index is 0.953. The van der Waals surface area contributed by atoms with Crippen LogP contribution < -0.4 is 0 Å². The molecule has 1 rings (SSSR count). The van der Waals surface area contributed by atoms with Crippen molar-refractivity contribution in [1.29, 1.82) is 0 Å². The Balaban J connectivity index is 1.89. The van der Waals surface area contributed by atoms with Crippen molar-refractivity contribution in [2.75, 3.05) is 13.7 Å². The van der Waals surface area contributed by atoms with Crippen LogP contribution in [0, 0.1) is 11.8 Å². The molecule has 0 aromatic heterocycles. The second kappa shape index (κ2) is 2.49. The fraction of sp³-hybridized carbons (Fsp3) is 1.00. The third-order valence-electron chi connectivity index (χ3n) is 1.97. The first kappa shape index (κ1) is 6.09. The Morgan fingerprint density at radius 2 is 2.25 bits per heavy atom. The lowest BCUT2D eigenvalue weighted by Gasteiger charge is -1.93. The highest BCUT2D eigenvalue weighted by Gasteiger charge is 2.31. The summed E-state index contributed by atoms with van der Waals surface area (Å²) in [6, 6.07) is 0. The molecule has 0 heterocycles. The van der Waals surface area contributed by atoms with Gasteiger partial charge in [0.25, 0.3) is 0 Å². The van der Waals surface area contributed by atoms with Gasteiger partial charge in [0.2, 0.25) is 0 Å². The molecule has 0 radical (unpaired) electrons. The molecule has 2 atom stereocenters. The summed E-state index contributed by atoms with van der Waals surface area (Å²) in [5, 5.41) is 0. The quantitative estimate of drug-likeness (QED) is 0.542. The lowest BCUT2D eigenvalue weighted by Crippen LogP contribution is -1.89. The van der Waals surface area contributed by atoms with Crippen molar-refractivity contribution < 1.29 is 4.74 Å². The molecule has 1 heteroatoms. The second-order valence-electron chi connectivity index (χ2n) is 2.75. The summed E-state index contributed by atoms with van der Waals surface area (Å²) in [5.41, 5.74) is 0. The second-order valence-corrected chi connectivity index (χ2v) is 2.75. The van der Waals surface area contributed by atoms with Gasteiger partial charge in [0.1, 0.15) is 0 Å². The molecule has 0 aliphatic heterocycles. The third-order valence-corrected chi connectivity index (χ3v) is 1.97. The molecule has 0 N–H and O–H groups in total. The normalized spacial score (nSPS) is 35.2. The molecule has 0 bridgehead atoms. The number of methoxy groups -OCH3 is 1. The lowest BCUT2D eigenvalue weighted by molar-refractivity contribution is 0.188. The summed E-state index contributed by atoms with van der Waals surface area (Å²) in [7, 11) is 1.77. The summed E-state index contributed by atoms with van der Waals surface area (Å²) >= 11 is 0. The molecule has 0 amide bonds. The SMILES string of the molecule is COCCC1CC1C. The standard InChI is InChI=1S/C7H14O/c1-6-5-7(6)3-4-8-2/h6-7H,3-5H2,1-2H3. The molecule has 1 saturated carbocycles. The highest BCUT2D eigenvalue weighted by molar-refractivity contribution is 4.81. The van der Waals surface area contributed by atoms with E-state index in [1.807, 2.05) is 0 Å². The van der Waals surface area contributed by atoms with Crippen LogP contribution in [0.5, 0.6) is 0 Å². The van der Waals surface area contributed by atoms with Crippen LogP contribution in [0.15, 0.2) is 0 Å². The van der Waals surface area contributed by atoms with Gasteiger partial charge in [-0.2, -0.15) is 0 Å². The summed E-state index contributed by atoms with van der Waals surface area (Å²) in [4.78, 5) is 0. The molecule has 1 aliphatic rings. The molecule has 2 unspecified atom stereocenters. The highest BCUT2D eigenvalue weighted by Crippen LogP contribution is 2.40. The summed E-state index contributed by atoms with van der Waals surface area (Å²) in [5.74, 6) is 1.99. The van der Waals surface area contributed by atoms with E-state index in [1.165, 1.54) is 12.8 Å². The number of hydrogen-bond acceptors (Lipinski definition) is 1.